The lowest BCUT2D eigenvalue weighted by Gasteiger charge is -2.08. The molecule has 134 valence electrons. The molecule has 1 N–H and O–H groups in total. The minimum Gasteiger partial charge on any atom is -0.501 e. The summed E-state index contributed by atoms with van der Waals surface area (Å²) in [7, 11) is 1.60. The molecule has 4 nitrogen and oxygen atoms in total. The highest BCUT2D eigenvalue weighted by molar-refractivity contribution is 5.52. The molecule has 0 amide bonds. The van der Waals surface area contributed by atoms with Crippen LogP contribution < -0.4 is 16.0 Å². The molecule has 0 spiro atoms. The van der Waals surface area contributed by atoms with Gasteiger partial charge < -0.3 is 19.2 Å². The van der Waals surface area contributed by atoms with E-state index in [0.717, 1.165) is 22.2 Å². The Kier molecular flexibility index (Phi) is 10.1. The smallest absolute Gasteiger partial charge is 0.156 e. The minimum absolute atomic E-state index is 0.277. The third-order valence-corrected chi connectivity index (χ3v) is 2.97. The molecule has 0 atom stereocenters. The molecule has 0 radical (unpaired) electrons. The maximum Gasteiger partial charge on any atom is 0.156 e. The average molecular weight is 333 g/mol. The summed E-state index contributed by atoms with van der Waals surface area (Å²) in [5, 5.41) is 4.06. The van der Waals surface area contributed by atoms with E-state index in [1.807, 2.05) is 34.6 Å². The standard InChI is InChI=1S/C18H25NO3.C2H6/c1-8-17(19-12(2)3)18-15(6)16(11-22-18)10-21-14(5)9-13(4)20-7;1-2/h8-9,11-12,19H,1,5-6,10H2,2-4,7H3;1-2H3/b13-9+,18-17-;. The van der Waals surface area contributed by atoms with E-state index in [-0.39, 0.29) is 6.04 Å². The minimum atomic E-state index is 0.277. The Bertz CT molecular complexity index is 666. The summed E-state index contributed by atoms with van der Waals surface area (Å²) >= 11 is 0. The summed E-state index contributed by atoms with van der Waals surface area (Å²) in [5.41, 5.74) is 2.36. The second kappa shape index (κ2) is 11.2. The van der Waals surface area contributed by atoms with Gasteiger partial charge in [-0.05, 0) is 26.8 Å². The van der Waals surface area contributed by atoms with Crippen molar-refractivity contribution in [2.45, 2.75) is 47.3 Å². The van der Waals surface area contributed by atoms with Crippen LogP contribution >= 0.6 is 0 Å². The SMILES string of the molecule is C=C/C(NC(C)C)=c1/occ(COC(=C)/C=C(\C)OC)c1=C.CC. The number of nitrogens with one attached hydrogen (secondary N) is 1. The predicted octanol–water partition coefficient (Wildman–Crippen LogP) is 3.59. The largest absolute Gasteiger partial charge is 0.501 e. The van der Waals surface area contributed by atoms with Gasteiger partial charge in [-0.25, -0.2) is 0 Å². The molecule has 0 aliphatic heterocycles. The molecule has 0 aliphatic rings. The molecule has 1 rings (SSSR count). The zero-order valence-corrected chi connectivity index (χ0v) is 15.9. The van der Waals surface area contributed by atoms with Crippen LogP contribution in [0.5, 0.6) is 0 Å². The van der Waals surface area contributed by atoms with E-state index in [1.165, 1.54) is 0 Å². The first-order valence-corrected chi connectivity index (χ1v) is 8.11. The van der Waals surface area contributed by atoms with Crippen LogP contribution in [0.1, 0.15) is 40.2 Å². The van der Waals surface area contributed by atoms with Gasteiger partial charge in [-0.15, -0.1) is 0 Å². The van der Waals surface area contributed by atoms with E-state index in [9.17, 15) is 0 Å². The van der Waals surface area contributed by atoms with Crippen molar-refractivity contribution in [1.82, 2.24) is 5.32 Å². The van der Waals surface area contributed by atoms with Crippen LogP contribution in [0.2, 0.25) is 0 Å². The molecular formula is C20H31NO3. The molecule has 1 aromatic heterocycles. The molecule has 0 aliphatic carbocycles. The van der Waals surface area contributed by atoms with Crippen LogP contribution in [-0.4, -0.2) is 13.2 Å². The van der Waals surface area contributed by atoms with Gasteiger partial charge in [-0.2, -0.15) is 0 Å². The fourth-order valence-corrected chi connectivity index (χ4v) is 1.79. The first-order valence-electron chi connectivity index (χ1n) is 8.11. The molecule has 1 aromatic rings. The molecule has 0 aromatic carbocycles. The van der Waals surface area contributed by atoms with E-state index in [1.54, 1.807) is 25.5 Å². The van der Waals surface area contributed by atoms with Crippen LogP contribution in [-0.2, 0) is 16.1 Å². The average Bonchev–Trinajstić information content (AvgIpc) is 2.93. The Hall–Kier alpha value is -2.36. The van der Waals surface area contributed by atoms with E-state index in [0.29, 0.717) is 17.8 Å². The Morgan fingerprint density at radius 1 is 1.38 bits per heavy atom. The van der Waals surface area contributed by atoms with Crippen molar-refractivity contribution in [3.8, 4) is 0 Å². The number of methoxy groups -OCH3 is 1. The lowest BCUT2D eigenvalue weighted by atomic mass is 10.2. The highest BCUT2D eigenvalue weighted by Gasteiger charge is 2.06. The van der Waals surface area contributed by atoms with Crippen molar-refractivity contribution >= 4 is 12.3 Å². The van der Waals surface area contributed by atoms with Crippen molar-refractivity contribution in [1.29, 1.82) is 0 Å². The van der Waals surface area contributed by atoms with E-state index < -0.39 is 0 Å². The first-order chi connectivity index (χ1) is 11.4. The van der Waals surface area contributed by atoms with Crippen LogP contribution in [0.25, 0.3) is 12.3 Å². The fraction of sp³-hybridized carbons (Fsp3) is 0.400. The molecule has 24 heavy (non-hydrogen) atoms. The molecule has 0 unspecified atom stereocenters. The highest BCUT2D eigenvalue weighted by Crippen LogP contribution is 2.05. The van der Waals surface area contributed by atoms with Crippen molar-refractivity contribution in [2.75, 3.05) is 7.11 Å². The van der Waals surface area contributed by atoms with Gasteiger partial charge in [0.05, 0.1) is 24.8 Å². The van der Waals surface area contributed by atoms with Crippen LogP contribution in [0.4, 0.5) is 0 Å². The van der Waals surface area contributed by atoms with Crippen molar-refractivity contribution in [3.63, 3.8) is 0 Å². The second-order valence-corrected chi connectivity index (χ2v) is 5.20. The first kappa shape index (κ1) is 21.6. The van der Waals surface area contributed by atoms with Gasteiger partial charge in [0.15, 0.2) is 5.42 Å². The van der Waals surface area contributed by atoms with Gasteiger partial charge in [0.25, 0.3) is 0 Å². The lowest BCUT2D eigenvalue weighted by Crippen LogP contribution is -2.32. The monoisotopic (exact) mass is 333 g/mol. The molecule has 1 heterocycles. The summed E-state index contributed by atoms with van der Waals surface area (Å²) in [6.07, 6.45) is 5.09. The van der Waals surface area contributed by atoms with Gasteiger partial charge >= 0.3 is 0 Å². The van der Waals surface area contributed by atoms with Crippen molar-refractivity contribution in [2.24, 2.45) is 0 Å². The van der Waals surface area contributed by atoms with Crippen LogP contribution in [0, 0.1) is 0 Å². The maximum absolute atomic E-state index is 5.60. The predicted molar refractivity (Wildman–Crippen MR) is 101 cm³/mol. The Labute approximate surface area is 145 Å². The Morgan fingerprint density at radius 2 is 2.00 bits per heavy atom. The summed E-state index contributed by atoms with van der Waals surface area (Å²) in [6.45, 7) is 21.9. The third-order valence-electron chi connectivity index (χ3n) is 2.97. The van der Waals surface area contributed by atoms with Gasteiger partial charge in [0.1, 0.15) is 12.4 Å². The van der Waals surface area contributed by atoms with E-state index >= 15 is 0 Å². The summed E-state index contributed by atoms with van der Waals surface area (Å²) in [6, 6.07) is 0.277. The molecule has 0 saturated carbocycles. The summed E-state index contributed by atoms with van der Waals surface area (Å²) < 4.78 is 16.2. The number of ether oxygens (including phenoxy) is 2. The van der Waals surface area contributed by atoms with Gasteiger partial charge in [-0.3, -0.25) is 0 Å². The zero-order chi connectivity index (χ0) is 18.7. The molecule has 0 bridgehead atoms. The van der Waals surface area contributed by atoms with Gasteiger partial charge in [0, 0.05) is 22.9 Å². The third kappa shape index (κ3) is 6.82. The normalized spacial score (nSPS) is 12.0. The fourth-order valence-electron chi connectivity index (χ4n) is 1.79. The van der Waals surface area contributed by atoms with Crippen LogP contribution in [0.15, 0.2) is 47.5 Å². The zero-order valence-electron chi connectivity index (χ0n) is 15.9. The number of hydrogen-bond donors (Lipinski definition) is 1. The Morgan fingerprint density at radius 3 is 2.50 bits per heavy atom. The molecule has 0 fully saturated rings. The number of furan rings is 1. The lowest BCUT2D eigenvalue weighted by molar-refractivity contribution is 0.207. The van der Waals surface area contributed by atoms with Crippen molar-refractivity contribution in [3.05, 3.63) is 59.3 Å². The van der Waals surface area contributed by atoms with Gasteiger partial charge in [0.2, 0.25) is 0 Å². The summed E-state index contributed by atoms with van der Waals surface area (Å²) in [5.74, 6) is 1.26. The quantitative estimate of drug-likeness (QED) is 0.583. The Balaban J connectivity index is 0.00000254. The summed E-state index contributed by atoms with van der Waals surface area (Å²) in [4.78, 5) is 0. The highest BCUT2D eigenvalue weighted by atomic mass is 16.5. The number of hydrogen-bond acceptors (Lipinski definition) is 4. The number of rotatable bonds is 8. The number of allylic oxidation sites excluding steroid dienone is 2. The van der Waals surface area contributed by atoms with E-state index in [4.69, 9.17) is 13.9 Å². The molecule has 0 saturated heterocycles. The molecule has 4 heteroatoms. The maximum atomic E-state index is 5.60. The topological polar surface area (TPSA) is 43.6 Å². The molecular weight excluding hydrogens is 302 g/mol. The van der Waals surface area contributed by atoms with Crippen LogP contribution in [0.3, 0.4) is 0 Å². The van der Waals surface area contributed by atoms with E-state index in [2.05, 4.69) is 25.1 Å². The second-order valence-electron chi connectivity index (χ2n) is 5.20. The van der Waals surface area contributed by atoms with Gasteiger partial charge in [-0.1, -0.05) is 33.6 Å². The van der Waals surface area contributed by atoms with Crippen molar-refractivity contribution < 1.29 is 13.9 Å².